The second-order valence-electron chi connectivity index (χ2n) is 4.51. The maximum Gasteiger partial charge on any atom is 0.153 e. The Balaban J connectivity index is 2.15. The van der Waals surface area contributed by atoms with Crippen LogP contribution in [0.5, 0.6) is 0 Å². The van der Waals surface area contributed by atoms with Gasteiger partial charge in [-0.3, -0.25) is 0 Å². The van der Waals surface area contributed by atoms with Gasteiger partial charge in [-0.2, -0.15) is 0 Å². The molecule has 0 unspecified atom stereocenters. The Bertz CT molecular complexity index is 524. The van der Waals surface area contributed by atoms with E-state index in [-0.39, 0.29) is 0 Å². The van der Waals surface area contributed by atoms with Crippen LogP contribution in [0.1, 0.15) is 31.4 Å². The molecule has 1 heterocycles. The van der Waals surface area contributed by atoms with Gasteiger partial charge in [-0.05, 0) is 37.8 Å². The van der Waals surface area contributed by atoms with E-state index in [0.29, 0.717) is 16.4 Å². The summed E-state index contributed by atoms with van der Waals surface area (Å²) in [6, 6.07) is 7.55. The first-order valence-electron chi connectivity index (χ1n) is 5.60. The van der Waals surface area contributed by atoms with Crippen molar-refractivity contribution >= 4 is 22.6 Å². The van der Waals surface area contributed by atoms with Gasteiger partial charge in [0, 0.05) is 5.39 Å². The van der Waals surface area contributed by atoms with Crippen molar-refractivity contribution in [2.75, 3.05) is 0 Å². The first-order chi connectivity index (χ1) is 7.69. The molecule has 84 valence electrons. The van der Waals surface area contributed by atoms with Crippen LogP contribution >= 0.6 is 11.6 Å². The summed E-state index contributed by atoms with van der Waals surface area (Å²) in [7, 11) is 0. The zero-order valence-electron chi connectivity index (χ0n) is 8.87. The number of rotatable bonds is 1. The number of furan rings is 1. The van der Waals surface area contributed by atoms with E-state index in [0.717, 1.165) is 31.1 Å². The van der Waals surface area contributed by atoms with Gasteiger partial charge >= 0.3 is 0 Å². The first kappa shape index (κ1) is 10.2. The van der Waals surface area contributed by atoms with Gasteiger partial charge < -0.3 is 9.52 Å². The zero-order valence-corrected chi connectivity index (χ0v) is 9.63. The van der Waals surface area contributed by atoms with E-state index in [1.807, 2.05) is 18.2 Å². The summed E-state index contributed by atoms with van der Waals surface area (Å²) < 4.78 is 5.70. The van der Waals surface area contributed by atoms with Gasteiger partial charge in [-0.15, -0.1) is 0 Å². The van der Waals surface area contributed by atoms with E-state index < -0.39 is 5.60 Å². The molecule has 0 saturated heterocycles. The van der Waals surface area contributed by atoms with E-state index in [2.05, 4.69) is 0 Å². The SMILES string of the molecule is OC1(c2cc3cccc(Cl)c3o2)CCCC1. The van der Waals surface area contributed by atoms with Gasteiger partial charge in [-0.25, -0.2) is 0 Å². The molecule has 1 saturated carbocycles. The molecule has 0 aliphatic heterocycles. The largest absolute Gasteiger partial charge is 0.456 e. The van der Waals surface area contributed by atoms with Crippen molar-refractivity contribution in [3.05, 3.63) is 35.0 Å². The van der Waals surface area contributed by atoms with Crippen molar-refractivity contribution in [1.82, 2.24) is 0 Å². The van der Waals surface area contributed by atoms with Crippen LogP contribution in [0.3, 0.4) is 0 Å². The lowest BCUT2D eigenvalue weighted by molar-refractivity contribution is 0.0235. The zero-order chi connectivity index (χ0) is 11.2. The average Bonchev–Trinajstić information content (AvgIpc) is 2.85. The fourth-order valence-corrected chi connectivity index (χ4v) is 2.68. The highest BCUT2D eigenvalue weighted by Gasteiger charge is 2.36. The number of hydrogen-bond acceptors (Lipinski definition) is 2. The van der Waals surface area contributed by atoms with Crippen LogP contribution < -0.4 is 0 Å². The Morgan fingerprint density at radius 1 is 1.25 bits per heavy atom. The minimum absolute atomic E-state index is 0.602. The minimum Gasteiger partial charge on any atom is -0.456 e. The predicted molar refractivity (Wildman–Crippen MR) is 63.6 cm³/mol. The maximum atomic E-state index is 10.4. The molecular weight excluding hydrogens is 224 g/mol. The lowest BCUT2D eigenvalue weighted by atomic mass is 9.99. The maximum absolute atomic E-state index is 10.4. The molecule has 1 aromatic heterocycles. The third-order valence-electron chi connectivity index (χ3n) is 3.39. The lowest BCUT2D eigenvalue weighted by Crippen LogP contribution is -2.19. The van der Waals surface area contributed by atoms with Crippen molar-refractivity contribution in [2.45, 2.75) is 31.3 Å². The summed E-state index contributed by atoms with van der Waals surface area (Å²) in [6.45, 7) is 0. The van der Waals surface area contributed by atoms with Crippen molar-refractivity contribution < 1.29 is 9.52 Å². The number of para-hydroxylation sites is 1. The molecule has 0 atom stereocenters. The van der Waals surface area contributed by atoms with Crippen LogP contribution in [0.4, 0.5) is 0 Å². The normalized spacial score (nSPS) is 19.4. The molecule has 2 aromatic rings. The molecule has 1 aromatic carbocycles. The van der Waals surface area contributed by atoms with Gasteiger partial charge in [0.05, 0.1) is 5.02 Å². The van der Waals surface area contributed by atoms with Crippen molar-refractivity contribution in [3.8, 4) is 0 Å². The summed E-state index contributed by atoms with van der Waals surface area (Å²) in [6.07, 6.45) is 3.68. The van der Waals surface area contributed by atoms with Gasteiger partial charge in [0.15, 0.2) is 5.58 Å². The molecule has 1 aliphatic rings. The highest BCUT2D eigenvalue weighted by atomic mass is 35.5. The van der Waals surface area contributed by atoms with Crippen molar-refractivity contribution in [2.24, 2.45) is 0 Å². The topological polar surface area (TPSA) is 33.4 Å². The summed E-state index contributed by atoms with van der Waals surface area (Å²) >= 11 is 6.05. The standard InChI is InChI=1S/C13H13ClO2/c14-10-5-3-4-9-8-11(16-12(9)10)13(15)6-1-2-7-13/h3-5,8,15H,1-2,6-7H2. The number of fused-ring (bicyclic) bond motifs is 1. The van der Waals surface area contributed by atoms with E-state index in [1.54, 1.807) is 6.07 Å². The molecule has 1 fully saturated rings. The molecule has 3 rings (SSSR count). The van der Waals surface area contributed by atoms with Crippen LogP contribution in [-0.2, 0) is 5.60 Å². The molecule has 16 heavy (non-hydrogen) atoms. The molecular formula is C13H13ClO2. The predicted octanol–water partition coefficient (Wildman–Crippen LogP) is 3.85. The second kappa shape index (κ2) is 3.51. The first-order valence-corrected chi connectivity index (χ1v) is 5.98. The third-order valence-corrected chi connectivity index (χ3v) is 3.68. The van der Waals surface area contributed by atoms with Gasteiger partial charge in [-0.1, -0.05) is 23.7 Å². The van der Waals surface area contributed by atoms with Crippen LogP contribution in [0.2, 0.25) is 5.02 Å². The fourth-order valence-electron chi connectivity index (χ4n) is 2.46. The number of benzene rings is 1. The molecule has 0 spiro atoms. The molecule has 0 radical (unpaired) electrons. The Hall–Kier alpha value is -0.990. The highest BCUT2D eigenvalue weighted by Crippen LogP contribution is 2.41. The third kappa shape index (κ3) is 1.45. The van der Waals surface area contributed by atoms with Gasteiger partial charge in [0.2, 0.25) is 0 Å². The summed E-state index contributed by atoms with van der Waals surface area (Å²) in [5.74, 6) is 0.660. The molecule has 0 amide bonds. The Morgan fingerprint density at radius 2 is 2.00 bits per heavy atom. The van der Waals surface area contributed by atoms with Gasteiger partial charge in [0.1, 0.15) is 11.4 Å². The van der Waals surface area contributed by atoms with Crippen LogP contribution in [0.25, 0.3) is 11.0 Å². The van der Waals surface area contributed by atoms with E-state index in [9.17, 15) is 5.11 Å². The summed E-state index contributed by atoms with van der Waals surface area (Å²) in [5.41, 5.74) is -0.0954. The van der Waals surface area contributed by atoms with E-state index in [1.165, 1.54) is 0 Å². The highest BCUT2D eigenvalue weighted by molar-refractivity contribution is 6.34. The Kier molecular flexibility index (Phi) is 2.23. The van der Waals surface area contributed by atoms with Crippen molar-refractivity contribution in [1.29, 1.82) is 0 Å². The molecule has 1 aliphatic carbocycles. The minimum atomic E-state index is -0.775. The molecule has 1 N–H and O–H groups in total. The number of halogens is 1. The van der Waals surface area contributed by atoms with Gasteiger partial charge in [0.25, 0.3) is 0 Å². The molecule has 3 heteroatoms. The van der Waals surface area contributed by atoms with Crippen LogP contribution in [0, 0.1) is 0 Å². The molecule has 2 nitrogen and oxygen atoms in total. The number of hydrogen-bond donors (Lipinski definition) is 1. The average molecular weight is 237 g/mol. The Labute approximate surface area is 98.8 Å². The smallest absolute Gasteiger partial charge is 0.153 e. The molecule has 0 bridgehead atoms. The van der Waals surface area contributed by atoms with Crippen LogP contribution in [-0.4, -0.2) is 5.11 Å². The van der Waals surface area contributed by atoms with E-state index in [4.69, 9.17) is 16.0 Å². The summed E-state index contributed by atoms with van der Waals surface area (Å²) in [4.78, 5) is 0. The summed E-state index contributed by atoms with van der Waals surface area (Å²) in [5, 5.41) is 12.0. The van der Waals surface area contributed by atoms with Crippen molar-refractivity contribution in [3.63, 3.8) is 0 Å². The monoisotopic (exact) mass is 236 g/mol. The van der Waals surface area contributed by atoms with Crippen LogP contribution in [0.15, 0.2) is 28.7 Å². The lowest BCUT2D eigenvalue weighted by Gasteiger charge is -2.18. The second-order valence-corrected chi connectivity index (χ2v) is 4.91. The van der Waals surface area contributed by atoms with E-state index >= 15 is 0 Å². The number of aliphatic hydroxyl groups is 1. The quantitative estimate of drug-likeness (QED) is 0.816. The fraction of sp³-hybridized carbons (Fsp3) is 0.385. The Morgan fingerprint density at radius 3 is 2.69 bits per heavy atom.